The highest BCUT2D eigenvalue weighted by Crippen LogP contribution is 2.20. The molecule has 1 aromatic rings. The molecule has 0 aliphatic heterocycles. The zero-order valence-corrected chi connectivity index (χ0v) is 13.7. The number of carboxylic acids is 1. The van der Waals surface area contributed by atoms with Gasteiger partial charge >= 0.3 is 5.97 Å². The van der Waals surface area contributed by atoms with E-state index in [2.05, 4.69) is 10.6 Å². The Kier molecular flexibility index (Phi) is 6.09. The van der Waals surface area contributed by atoms with E-state index in [0.29, 0.717) is 0 Å². The van der Waals surface area contributed by atoms with Crippen LogP contribution in [0.5, 0.6) is 0 Å². The van der Waals surface area contributed by atoms with Crippen LogP contribution in [0.4, 0.5) is 4.39 Å². The van der Waals surface area contributed by atoms with Crippen molar-refractivity contribution in [2.75, 3.05) is 6.54 Å². The van der Waals surface area contributed by atoms with Crippen molar-refractivity contribution in [2.45, 2.75) is 26.8 Å². The van der Waals surface area contributed by atoms with Gasteiger partial charge in [0.05, 0.1) is 11.6 Å². The highest BCUT2D eigenvalue weighted by atomic mass is 35.5. The van der Waals surface area contributed by atoms with Crippen molar-refractivity contribution in [1.29, 1.82) is 0 Å². The van der Waals surface area contributed by atoms with Crippen LogP contribution in [0.1, 0.15) is 32.4 Å². The summed E-state index contributed by atoms with van der Waals surface area (Å²) in [6.07, 6.45) is 0. The summed E-state index contributed by atoms with van der Waals surface area (Å²) < 4.78 is 13.4. The van der Waals surface area contributed by atoms with Crippen molar-refractivity contribution in [3.63, 3.8) is 0 Å². The van der Waals surface area contributed by atoms with Crippen LogP contribution < -0.4 is 10.6 Å². The van der Waals surface area contributed by atoms with E-state index in [1.807, 2.05) is 0 Å². The molecule has 1 atom stereocenters. The Morgan fingerprint density at radius 2 is 1.91 bits per heavy atom. The summed E-state index contributed by atoms with van der Waals surface area (Å²) in [5, 5.41) is 13.7. The molecule has 2 amide bonds. The maximum absolute atomic E-state index is 13.4. The van der Waals surface area contributed by atoms with E-state index >= 15 is 0 Å². The molecule has 0 spiro atoms. The van der Waals surface area contributed by atoms with Gasteiger partial charge in [0.15, 0.2) is 6.04 Å². The minimum absolute atomic E-state index is 0.0369. The van der Waals surface area contributed by atoms with Gasteiger partial charge in [0.25, 0.3) is 0 Å². The summed E-state index contributed by atoms with van der Waals surface area (Å²) in [5.41, 5.74) is -0.638. The number of carbonyl (C=O) groups is 3. The molecular formula is C15H18ClFN2O4. The van der Waals surface area contributed by atoms with Crippen LogP contribution in [0.2, 0.25) is 5.02 Å². The number of benzene rings is 1. The fourth-order valence-electron chi connectivity index (χ4n) is 1.62. The third kappa shape index (κ3) is 5.52. The monoisotopic (exact) mass is 344 g/mol. The fourth-order valence-corrected chi connectivity index (χ4v) is 1.73. The second kappa shape index (κ2) is 7.41. The Hall–Kier alpha value is -2.15. The van der Waals surface area contributed by atoms with Crippen LogP contribution in [-0.2, 0) is 14.4 Å². The van der Waals surface area contributed by atoms with E-state index in [1.54, 1.807) is 20.8 Å². The average molecular weight is 345 g/mol. The highest BCUT2D eigenvalue weighted by Gasteiger charge is 2.25. The second-order valence-electron chi connectivity index (χ2n) is 5.94. The average Bonchev–Trinajstić information content (AvgIpc) is 2.43. The topological polar surface area (TPSA) is 95.5 Å². The number of aliphatic carboxylic acids is 1. The predicted octanol–water partition coefficient (Wildman–Crippen LogP) is 1.88. The highest BCUT2D eigenvalue weighted by molar-refractivity contribution is 6.30. The number of carboxylic acid groups (broad SMARTS) is 1. The molecule has 0 bridgehead atoms. The molecule has 1 rings (SSSR count). The number of halogens is 2. The van der Waals surface area contributed by atoms with E-state index in [9.17, 15) is 23.9 Å². The van der Waals surface area contributed by atoms with Crippen LogP contribution in [0, 0.1) is 11.2 Å². The van der Waals surface area contributed by atoms with Crippen LogP contribution in [0.15, 0.2) is 18.2 Å². The minimum atomic E-state index is -1.44. The zero-order chi connectivity index (χ0) is 17.8. The normalized spacial score (nSPS) is 12.4. The number of carbonyl (C=O) groups excluding carboxylic acids is 2. The molecule has 126 valence electrons. The van der Waals surface area contributed by atoms with E-state index in [1.165, 1.54) is 12.1 Å². The molecule has 0 radical (unpaired) electrons. The summed E-state index contributed by atoms with van der Waals surface area (Å²) in [7, 11) is 0. The Morgan fingerprint density at radius 3 is 2.39 bits per heavy atom. The van der Waals surface area contributed by atoms with Gasteiger partial charge in [-0.3, -0.25) is 9.59 Å². The van der Waals surface area contributed by atoms with Gasteiger partial charge in [-0.1, -0.05) is 38.4 Å². The molecular weight excluding hydrogens is 327 g/mol. The van der Waals surface area contributed by atoms with Gasteiger partial charge in [-0.2, -0.15) is 0 Å². The molecule has 0 aliphatic carbocycles. The molecule has 8 heteroatoms. The Morgan fingerprint density at radius 1 is 1.30 bits per heavy atom. The molecule has 0 aromatic heterocycles. The Bertz CT molecular complexity index is 628. The number of hydrogen-bond acceptors (Lipinski definition) is 3. The van der Waals surface area contributed by atoms with Gasteiger partial charge in [-0.25, -0.2) is 9.18 Å². The maximum Gasteiger partial charge on any atom is 0.330 e. The van der Waals surface area contributed by atoms with Crippen molar-refractivity contribution in [3.05, 3.63) is 34.6 Å². The molecule has 0 heterocycles. The van der Waals surface area contributed by atoms with E-state index in [-0.39, 0.29) is 23.0 Å². The van der Waals surface area contributed by atoms with Gasteiger partial charge in [0.2, 0.25) is 11.8 Å². The van der Waals surface area contributed by atoms with E-state index in [4.69, 9.17) is 11.6 Å². The minimum Gasteiger partial charge on any atom is -0.479 e. The standard InChI is InChI=1S/C15H18ClFN2O4/c1-15(2,3)14(23)18-7-11(20)19-12(13(21)22)8-4-5-9(16)10(17)6-8/h4-6,12H,7H2,1-3H3,(H,18,23)(H,19,20)(H,21,22). The third-order valence-corrected chi connectivity index (χ3v) is 3.23. The van der Waals surface area contributed by atoms with E-state index in [0.717, 1.165) is 6.07 Å². The van der Waals surface area contributed by atoms with Crippen molar-refractivity contribution in [2.24, 2.45) is 5.41 Å². The number of hydrogen-bond donors (Lipinski definition) is 3. The van der Waals surface area contributed by atoms with Crippen LogP contribution in [0.3, 0.4) is 0 Å². The lowest BCUT2D eigenvalue weighted by molar-refractivity contribution is -0.142. The van der Waals surface area contributed by atoms with Crippen LogP contribution in [-0.4, -0.2) is 29.4 Å². The lowest BCUT2D eigenvalue weighted by atomic mass is 9.96. The molecule has 1 unspecified atom stereocenters. The molecule has 6 nitrogen and oxygen atoms in total. The van der Waals surface area contributed by atoms with Gasteiger partial charge in [-0.05, 0) is 17.7 Å². The van der Waals surface area contributed by atoms with Gasteiger partial charge in [0.1, 0.15) is 5.82 Å². The van der Waals surface area contributed by atoms with Crippen molar-refractivity contribution < 1.29 is 23.9 Å². The zero-order valence-electron chi connectivity index (χ0n) is 12.9. The van der Waals surface area contributed by atoms with E-state index < -0.39 is 29.2 Å². The molecule has 0 saturated carbocycles. The molecule has 0 aliphatic rings. The molecule has 0 fully saturated rings. The lowest BCUT2D eigenvalue weighted by Gasteiger charge is -2.19. The lowest BCUT2D eigenvalue weighted by Crippen LogP contribution is -2.43. The smallest absolute Gasteiger partial charge is 0.330 e. The van der Waals surface area contributed by atoms with Gasteiger partial charge in [-0.15, -0.1) is 0 Å². The summed E-state index contributed by atoms with van der Waals surface area (Å²) in [4.78, 5) is 34.7. The Balaban J connectivity index is 2.77. The largest absolute Gasteiger partial charge is 0.479 e. The van der Waals surface area contributed by atoms with Crippen molar-refractivity contribution in [1.82, 2.24) is 10.6 Å². The van der Waals surface area contributed by atoms with Crippen LogP contribution in [0.25, 0.3) is 0 Å². The van der Waals surface area contributed by atoms with Crippen molar-refractivity contribution >= 4 is 29.4 Å². The first-order chi connectivity index (χ1) is 10.5. The van der Waals surface area contributed by atoms with Crippen LogP contribution >= 0.6 is 11.6 Å². The summed E-state index contributed by atoms with van der Waals surface area (Å²) in [5.74, 6) is -3.20. The molecule has 23 heavy (non-hydrogen) atoms. The molecule has 3 N–H and O–H groups in total. The first-order valence-corrected chi connectivity index (χ1v) is 7.15. The van der Waals surface area contributed by atoms with Crippen molar-refractivity contribution in [3.8, 4) is 0 Å². The fraction of sp³-hybridized carbons (Fsp3) is 0.400. The number of rotatable bonds is 5. The van der Waals surface area contributed by atoms with Gasteiger partial charge < -0.3 is 15.7 Å². The predicted molar refractivity (Wildman–Crippen MR) is 82.4 cm³/mol. The SMILES string of the molecule is CC(C)(C)C(=O)NCC(=O)NC(C(=O)O)c1ccc(Cl)c(F)c1. The summed E-state index contributed by atoms with van der Waals surface area (Å²) >= 11 is 5.54. The summed E-state index contributed by atoms with van der Waals surface area (Å²) in [6, 6.07) is 2.00. The third-order valence-electron chi connectivity index (χ3n) is 2.92. The number of nitrogens with one attached hydrogen (secondary N) is 2. The Labute approximate surface area is 138 Å². The first kappa shape index (κ1) is 18.9. The quantitative estimate of drug-likeness (QED) is 0.760. The maximum atomic E-state index is 13.4. The number of amides is 2. The van der Waals surface area contributed by atoms with Gasteiger partial charge in [0, 0.05) is 5.41 Å². The molecule has 1 aromatic carbocycles. The second-order valence-corrected chi connectivity index (χ2v) is 6.35. The molecule has 0 saturated heterocycles. The first-order valence-electron chi connectivity index (χ1n) is 6.78. The summed E-state index contributed by atoms with van der Waals surface area (Å²) in [6.45, 7) is 4.65.